The summed E-state index contributed by atoms with van der Waals surface area (Å²) < 4.78 is 30.8. The van der Waals surface area contributed by atoms with Crippen LogP contribution in [0.1, 0.15) is 21.6 Å². The van der Waals surface area contributed by atoms with Crippen molar-refractivity contribution in [3.8, 4) is 0 Å². The Kier molecular flexibility index (Phi) is 5.79. The van der Waals surface area contributed by atoms with Crippen LogP contribution in [0.3, 0.4) is 0 Å². The van der Waals surface area contributed by atoms with Crippen molar-refractivity contribution in [2.45, 2.75) is 18.4 Å². The smallest absolute Gasteiger partial charge is 0.261 e. The second kappa shape index (κ2) is 8.52. The Morgan fingerprint density at radius 2 is 1.87 bits per heavy atom. The van der Waals surface area contributed by atoms with Gasteiger partial charge in [0.2, 0.25) is 0 Å². The zero-order valence-electron chi connectivity index (χ0n) is 16.5. The number of rotatable bonds is 6. The average molecular weight is 499 g/mol. The molecule has 0 aliphatic carbocycles. The number of pyridine rings is 1. The summed E-state index contributed by atoms with van der Waals surface area (Å²) in [5, 5.41) is 2.78. The molecular weight excluding hydrogens is 480 g/mol. The van der Waals surface area contributed by atoms with Crippen molar-refractivity contribution in [3.63, 3.8) is 0 Å². The van der Waals surface area contributed by atoms with Gasteiger partial charge in [-0.15, -0.1) is 0 Å². The van der Waals surface area contributed by atoms with E-state index < -0.39 is 10.0 Å². The number of halogens is 1. The van der Waals surface area contributed by atoms with Crippen molar-refractivity contribution in [1.29, 1.82) is 0 Å². The first-order chi connectivity index (χ1) is 14.8. The molecule has 2 N–H and O–H groups in total. The molecule has 0 spiro atoms. The molecule has 0 bridgehead atoms. The number of hydrogen-bond donors (Lipinski definition) is 2. The van der Waals surface area contributed by atoms with E-state index in [9.17, 15) is 13.2 Å². The molecule has 7 nitrogen and oxygen atoms in total. The molecule has 0 fully saturated rings. The predicted octanol–water partition coefficient (Wildman–Crippen LogP) is 4.14. The van der Waals surface area contributed by atoms with Gasteiger partial charge in [0, 0.05) is 28.1 Å². The monoisotopic (exact) mass is 498 g/mol. The number of nitrogens with one attached hydrogen (secondary N) is 2. The average Bonchev–Trinajstić information content (AvgIpc) is 3.14. The summed E-state index contributed by atoms with van der Waals surface area (Å²) in [5.41, 5.74) is 3.11. The molecule has 2 aromatic heterocycles. The fourth-order valence-electron chi connectivity index (χ4n) is 3.10. The van der Waals surface area contributed by atoms with E-state index in [0.29, 0.717) is 11.4 Å². The van der Waals surface area contributed by atoms with E-state index in [2.05, 4.69) is 31.0 Å². The fraction of sp³-hybridized carbons (Fsp3) is 0.0909. The first-order valence-electron chi connectivity index (χ1n) is 9.41. The van der Waals surface area contributed by atoms with Gasteiger partial charge in [-0.1, -0.05) is 18.2 Å². The zero-order chi connectivity index (χ0) is 22.0. The van der Waals surface area contributed by atoms with E-state index in [4.69, 9.17) is 0 Å². The number of sulfonamides is 1. The van der Waals surface area contributed by atoms with Gasteiger partial charge in [-0.05, 0) is 70.9 Å². The highest BCUT2D eigenvalue weighted by Gasteiger charge is 2.17. The van der Waals surface area contributed by atoms with Gasteiger partial charge in [0.25, 0.3) is 15.9 Å². The molecule has 0 aliphatic heterocycles. The van der Waals surface area contributed by atoms with E-state index in [0.717, 1.165) is 15.7 Å². The lowest BCUT2D eigenvalue weighted by molar-refractivity contribution is 0.0950. The van der Waals surface area contributed by atoms with Crippen LogP contribution in [0, 0.1) is 6.92 Å². The van der Waals surface area contributed by atoms with Crippen LogP contribution in [0.5, 0.6) is 0 Å². The van der Waals surface area contributed by atoms with Crippen molar-refractivity contribution >= 4 is 43.2 Å². The summed E-state index contributed by atoms with van der Waals surface area (Å²) >= 11 is 3.41. The number of carbonyl (C=O) groups excluding carboxylic acids is 1. The van der Waals surface area contributed by atoms with E-state index in [1.807, 2.05) is 41.9 Å². The van der Waals surface area contributed by atoms with Gasteiger partial charge < -0.3 is 9.72 Å². The molecule has 9 heteroatoms. The molecule has 2 aromatic carbocycles. The lowest BCUT2D eigenvalue weighted by Crippen LogP contribution is -2.23. The van der Waals surface area contributed by atoms with Crippen LogP contribution in [0.25, 0.3) is 5.65 Å². The third kappa shape index (κ3) is 4.95. The number of aromatic nitrogens is 2. The van der Waals surface area contributed by atoms with Crippen molar-refractivity contribution < 1.29 is 13.2 Å². The molecule has 0 aliphatic rings. The molecular formula is C22H19BrN4O3S. The third-order valence-corrected chi connectivity index (χ3v) is 6.42. The topological polar surface area (TPSA) is 92.6 Å². The molecule has 0 saturated heterocycles. The lowest BCUT2D eigenvalue weighted by Gasteiger charge is -2.10. The third-order valence-electron chi connectivity index (χ3n) is 4.57. The van der Waals surface area contributed by atoms with Gasteiger partial charge in [-0.2, -0.15) is 0 Å². The Morgan fingerprint density at radius 3 is 2.68 bits per heavy atom. The van der Waals surface area contributed by atoms with Crippen LogP contribution in [-0.2, 0) is 16.6 Å². The Bertz CT molecular complexity index is 1380. The standard InChI is InChI=1S/C22H19BrN4O3S/c1-15-4-2-6-18(10-15)26-31(29,30)20-7-3-5-16(11-20)22(28)24-12-19-14-27-13-17(23)8-9-21(27)25-19/h2-11,13-14,26H,12H2,1H3,(H,24,28). The minimum absolute atomic E-state index is 0.0132. The zero-order valence-corrected chi connectivity index (χ0v) is 18.9. The van der Waals surface area contributed by atoms with E-state index in [1.54, 1.807) is 30.3 Å². The number of amides is 1. The number of anilines is 1. The summed E-state index contributed by atoms with van der Waals surface area (Å²) in [6.07, 6.45) is 3.70. The van der Waals surface area contributed by atoms with Crippen LogP contribution < -0.4 is 10.0 Å². The van der Waals surface area contributed by atoms with Crippen molar-refractivity contribution in [2.24, 2.45) is 0 Å². The quantitative estimate of drug-likeness (QED) is 0.417. The highest BCUT2D eigenvalue weighted by atomic mass is 79.9. The van der Waals surface area contributed by atoms with Gasteiger partial charge >= 0.3 is 0 Å². The summed E-state index contributed by atoms with van der Waals surface area (Å²) in [7, 11) is -3.82. The Hall–Kier alpha value is -3.17. The molecule has 0 atom stereocenters. The molecule has 1 amide bonds. The number of benzene rings is 2. The first kappa shape index (κ1) is 21.1. The molecule has 4 aromatic rings. The van der Waals surface area contributed by atoms with Crippen LogP contribution in [0.2, 0.25) is 0 Å². The van der Waals surface area contributed by atoms with E-state index in [-0.39, 0.29) is 22.9 Å². The predicted molar refractivity (Wildman–Crippen MR) is 122 cm³/mol. The van der Waals surface area contributed by atoms with Crippen LogP contribution >= 0.6 is 15.9 Å². The largest absolute Gasteiger partial charge is 0.346 e. The van der Waals surface area contributed by atoms with Crippen molar-refractivity contribution in [2.75, 3.05) is 4.72 Å². The molecule has 4 rings (SSSR count). The van der Waals surface area contributed by atoms with Gasteiger partial charge in [-0.3, -0.25) is 9.52 Å². The maximum Gasteiger partial charge on any atom is 0.261 e. The second-order valence-corrected chi connectivity index (χ2v) is 9.63. The summed E-state index contributed by atoms with van der Waals surface area (Å²) in [6.45, 7) is 2.10. The normalized spacial score (nSPS) is 11.4. The number of carbonyl (C=O) groups is 1. The van der Waals surface area contributed by atoms with Crippen LogP contribution in [0.15, 0.2) is 82.4 Å². The summed E-state index contributed by atoms with van der Waals surface area (Å²) in [4.78, 5) is 17.1. The number of hydrogen-bond acceptors (Lipinski definition) is 4. The van der Waals surface area contributed by atoms with Gasteiger partial charge in [-0.25, -0.2) is 13.4 Å². The molecule has 0 unspecified atom stereocenters. The second-order valence-electron chi connectivity index (χ2n) is 7.03. The number of fused-ring (bicyclic) bond motifs is 1. The molecule has 31 heavy (non-hydrogen) atoms. The number of imidazole rings is 1. The van der Waals surface area contributed by atoms with Crippen molar-refractivity contribution in [3.05, 3.63) is 94.4 Å². The van der Waals surface area contributed by atoms with Crippen LogP contribution in [0.4, 0.5) is 5.69 Å². The Labute approximate surface area is 188 Å². The van der Waals surface area contributed by atoms with Crippen LogP contribution in [-0.4, -0.2) is 23.7 Å². The Morgan fingerprint density at radius 1 is 1.06 bits per heavy atom. The van der Waals surface area contributed by atoms with Gasteiger partial charge in [0.1, 0.15) is 5.65 Å². The molecule has 2 heterocycles. The summed E-state index contributed by atoms with van der Waals surface area (Å²) in [6, 6.07) is 16.7. The van der Waals surface area contributed by atoms with E-state index in [1.165, 1.54) is 12.1 Å². The first-order valence-corrected chi connectivity index (χ1v) is 11.7. The maximum absolute atomic E-state index is 12.7. The highest BCUT2D eigenvalue weighted by Crippen LogP contribution is 2.18. The Balaban J connectivity index is 1.48. The maximum atomic E-state index is 12.7. The fourth-order valence-corrected chi connectivity index (χ4v) is 4.55. The molecule has 158 valence electrons. The summed E-state index contributed by atoms with van der Waals surface area (Å²) in [5.74, 6) is -0.383. The number of nitrogens with zero attached hydrogens (tertiary/aromatic N) is 2. The lowest BCUT2D eigenvalue weighted by atomic mass is 10.2. The SMILES string of the molecule is Cc1cccc(NS(=O)(=O)c2cccc(C(=O)NCc3cn4cc(Br)ccc4n3)c2)c1. The number of aryl methyl sites for hydroxylation is 1. The van der Waals surface area contributed by atoms with E-state index >= 15 is 0 Å². The van der Waals surface area contributed by atoms with Crippen molar-refractivity contribution in [1.82, 2.24) is 14.7 Å². The molecule has 0 radical (unpaired) electrons. The highest BCUT2D eigenvalue weighted by molar-refractivity contribution is 9.10. The van der Waals surface area contributed by atoms with Gasteiger partial charge in [0.05, 0.1) is 17.1 Å². The minimum Gasteiger partial charge on any atom is -0.346 e. The minimum atomic E-state index is -3.82. The molecule has 0 saturated carbocycles. The van der Waals surface area contributed by atoms with Gasteiger partial charge in [0.15, 0.2) is 0 Å².